The maximum Gasteiger partial charge on any atom is 0.225 e. The molecule has 0 saturated carbocycles. The molecule has 2 aliphatic heterocycles. The molecule has 4 heteroatoms. The number of likely N-dealkylation sites (N-methyl/N-ethyl adjacent to an activating group) is 1. The Bertz CT molecular complexity index is 246. The molecule has 2 rings (SSSR count). The topological polar surface area (TPSA) is 41.6 Å². The van der Waals surface area contributed by atoms with E-state index in [1.807, 2.05) is 4.90 Å². The molecular formula is C13H24N2O2. The zero-order valence-electron chi connectivity index (χ0n) is 10.8. The van der Waals surface area contributed by atoms with E-state index < -0.39 is 0 Å². The van der Waals surface area contributed by atoms with Crippen molar-refractivity contribution in [1.82, 2.24) is 10.2 Å². The summed E-state index contributed by atoms with van der Waals surface area (Å²) in [6, 6.07) is 0. The van der Waals surface area contributed by atoms with Gasteiger partial charge >= 0.3 is 0 Å². The number of nitrogens with zero attached hydrogens (tertiary/aromatic N) is 1. The summed E-state index contributed by atoms with van der Waals surface area (Å²) in [7, 11) is 0. The third-order valence-corrected chi connectivity index (χ3v) is 3.83. The fraction of sp³-hybridized carbons (Fsp3) is 0.923. The van der Waals surface area contributed by atoms with Gasteiger partial charge in [0.1, 0.15) is 0 Å². The maximum absolute atomic E-state index is 12.4. The van der Waals surface area contributed by atoms with Gasteiger partial charge < -0.3 is 15.0 Å². The van der Waals surface area contributed by atoms with Crippen molar-refractivity contribution in [2.75, 3.05) is 32.8 Å². The van der Waals surface area contributed by atoms with Crippen molar-refractivity contribution in [3.05, 3.63) is 0 Å². The molecule has 1 atom stereocenters. The van der Waals surface area contributed by atoms with Crippen LogP contribution in [0, 0.1) is 5.92 Å². The molecule has 2 saturated heterocycles. The summed E-state index contributed by atoms with van der Waals surface area (Å²) in [4.78, 5) is 14.4. The molecule has 1 N–H and O–H groups in total. The van der Waals surface area contributed by atoms with Crippen LogP contribution in [0.25, 0.3) is 0 Å². The number of carbonyl (C=O) groups is 1. The quantitative estimate of drug-likeness (QED) is 0.797. The largest absolute Gasteiger partial charge is 0.376 e. The Labute approximate surface area is 104 Å². The van der Waals surface area contributed by atoms with Crippen LogP contribution in [0.4, 0.5) is 0 Å². The Balaban J connectivity index is 1.84. The molecule has 1 unspecified atom stereocenters. The minimum absolute atomic E-state index is 0.234. The molecule has 0 aromatic rings. The first-order chi connectivity index (χ1) is 8.31. The third-order valence-electron chi connectivity index (χ3n) is 3.83. The Morgan fingerprint density at radius 1 is 1.35 bits per heavy atom. The molecule has 0 spiro atoms. The van der Waals surface area contributed by atoms with Crippen LogP contribution in [0.2, 0.25) is 0 Å². The van der Waals surface area contributed by atoms with Crippen LogP contribution in [0.5, 0.6) is 0 Å². The van der Waals surface area contributed by atoms with Gasteiger partial charge in [-0.3, -0.25) is 4.79 Å². The first kappa shape index (κ1) is 12.8. The van der Waals surface area contributed by atoms with Gasteiger partial charge in [0, 0.05) is 25.6 Å². The smallest absolute Gasteiger partial charge is 0.225 e. The average molecular weight is 240 g/mol. The first-order valence-electron chi connectivity index (χ1n) is 6.92. The predicted molar refractivity (Wildman–Crippen MR) is 66.8 cm³/mol. The number of piperidine rings is 1. The van der Waals surface area contributed by atoms with E-state index in [4.69, 9.17) is 4.74 Å². The molecule has 0 aliphatic carbocycles. The van der Waals surface area contributed by atoms with E-state index in [2.05, 4.69) is 12.2 Å². The fourth-order valence-corrected chi connectivity index (χ4v) is 2.74. The van der Waals surface area contributed by atoms with E-state index in [1.54, 1.807) is 0 Å². The third kappa shape index (κ3) is 3.42. The molecule has 0 radical (unpaired) electrons. The number of rotatable bonds is 4. The summed E-state index contributed by atoms with van der Waals surface area (Å²) in [5.74, 6) is 0.571. The number of hydrogen-bond acceptors (Lipinski definition) is 3. The summed E-state index contributed by atoms with van der Waals surface area (Å²) in [6.45, 7) is 6.49. The lowest BCUT2D eigenvalue weighted by molar-refractivity contribution is -0.137. The van der Waals surface area contributed by atoms with Gasteiger partial charge in [-0.1, -0.05) is 0 Å². The summed E-state index contributed by atoms with van der Waals surface area (Å²) in [6.07, 6.45) is 4.50. The Morgan fingerprint density at radius 3 is 2.71 bits per heavy atom. The van der Waals surface area contributed by atoms with E-state index in [1.165, 1.54) is 0 Å². The van der Waals surface area contributed by atoms with Gasteiger partial charge in [0.05, 0.1) is 6.10 Å². The minimum Gasteiger partial charge on any atom is -0.376 e. The predicted octanol–water partition coefficient (Wildman–Crippen LogP) is 1.01. The number of hydrogen-bond donors (Lipinski definition) is 1. The molecule has 4 nitrogen and oxygen atoms in total. The van der Waals surface area contributed by atoms with Crippen molar-refractivity contribution in [2.45, 2.75) is 38.7 Å². The lowest BCUT2D eigenvalue weighted by Crippen LogP contribution is -2.43. The van der Waals surface area contributed by atoms with Crippen LogP contribution in [0.15, 0.2) is 0 Å². The Kier molecular flexibility index (Phi) is 4.80. The van der Waals surface area contributed by atoms with Crippen LogP contribution in [0.1, 0.15) is 32.6 Å². The van der Waals surface area contributed by atoms with Gasteiger partial charge in [-0.15, -0.1) is 0 Å². The zero-order valence-corrected chi connectivity index (χ0v) is 10.8. The molecule has 0 aromatic carbocycles. The molecular weight excluding hydrogens is 216 g/mol. The first-order valence-corrected chi connectivity index (χ1v) is 6.92. The lowest BCUT2D eigenvalue weighted by Gasteiger charge is -2.30. The van der Waals surface area contributed by atoms with Crippen molar-refractivity contribution in [3.63, 3.8) is 0 Å². The minimum atomic E-state index is 0.234. The van der Waals surface area contributed by atoms with Crippen LogP contribution in [-0.2, 0) is 9.53 Å². The van der Waals surface area contributed by atoms with E-state index in [9.17, 15) is 4.79 Å². The van der Waals surface area contributed by atoms with E-state index >= 15 is 0 Å². The van der Waals surface area contributed by atoms with Crippen molar-refractivity contribution in [3.8, 4) is 0 Å². The van der Waals surface area contributed by atoms with Crippen LogP contribution < -0.4 is 5.32 Å². The fourth-order valence-electron chi connectivity index (χ4n) is 2.74. The van der Waals surface area contributed by atoms with Gasteiger partial charge in [-0.2, -0.15) is 0 Å². The van der Waals surface area contributed by atoms with Crippen LogP contribution in [0.3, 0.4) is 0 Å². The second-order valence-electron chi connectivity index (χ2n) is 5.04. The van der Waals surface area contributed by atoms with E-state index in [0.717, 1.165) is 58.5 Å². The Morgan fingerprint density at radius 2 is 2.12 bits per heavy atom. The highest BCUT2D eigenvalue weighted by Gasteiger charge is 2.27. The van der Waals surface area contributed by atoms with Gasteiger partial charge in [0.15, 0.2) is 0 Å². The van der Waals surface area contributed by atoms with Gasteiger partial charge in [-0.25, -0.2) is 0 Å². The molecule has 0 bridgehead atoms. The molecule has 0 aromatic heterocycles. The van der Waals surface area contributed by atoms with Crippen molar-refractivity contribution >= 4 is 5.91 Å². The van der Waals surface area contributed by atoms with Crippen molar-refractivity contribution in [2.24, 2.45) is 5.92 Å². The molecule has 2 fully saturated rings. The van der Waals surface area contributed by atoms with E-state index in [-0.39, 0.29) is 12.0 Å². The SMILES string of the molecule is CCN(CC1CCCO1)C(=O)C1CCNCC1. The van der Waals surface area contributed by atoms with Crippen molar-refractivity contribution in [1.29, 1.82) is 0 Å². The highest BCUT2D eigenvalue weighted by molar-refractivity contribution is 5.79. The summed E-state index contributed by atoms with van der Waals surface area (Å²) >= 11 is 0. The molecule has 98 valence electrons. The summed E-state index contributed by atoms with van der Waals surface area (Å²) < 4.78 is 5.62. The monoisotopic (exact) mass is 240 g/mol. The lowest BCUT2D eigenvalue weighted by atomic mass is 9.96. The number of ether oxygens (including phenoxy) is 1. The van der Waals surface area contributed by atoms with Crippen molar-refractivity contribution < 1.29 is 9.53 Å². The zero-order chi connectivity index (χ0) is 12.1. The molecule has 1 amide bonds. The average Bonchev–Trinajstić information content (AvgIpc) is 2.89. The van der Waals surface area contributed by atoms with Gasteiger partial charge in [0.2, 0.25) is 5.91 Å². The summed E-state index contributed by atoms with van der Waals surface area (Å²) in [5.41, 5.74) is 0. The number of amides is 1. The standard InChI is InChI=1S/C13H24N2O2/c1-2-15(10-12-4-3-9-17-12)13(16)11-5-7-14-8-6-11/h11-12,14H,2-10H2,1H3. The normalized spacial score (nSPS) is 26.1. The second-order valence-corrected chi connectivity index (χ2v) is 5.04. The Hall–Kier alpha value is -0.610. The highest BCUT2D eigenvalue weighted by atomic mass is 16.5. The van der Waals surface area contributed by atoms with Gasteiger partial charge in [0.25, 0.3) is 0 Å². The molecule has 2 aliphatic rings. The molecule has 17 heavy (non-hydrogen) atoms. The van der Waals surface area contributed by atoms with E-state index in [0.29, 0.717) is 5.91 Å². The van der Waals surface area contributed by atoms with Crippen LogP contribution in [-0.4, -0.2) is 49.7 Å². The van der Waals surface area contributed by atoms with Crippen LogP contribution >= 0.6 is 0 Å². The second kappa shape index (κ2) is 6.36. The summed E-state index contributed by atoms with van der Waals surface area (Å²) in [5, 5.41) is 3.30. The highest BCUT2D eigenvalue weighted by Crippen LogP contribution is 2.18. The molecule has 2 heterocycles. The maximum atomic E-state index is 12.4. The number of carbonyl (C=O) groups excluding carboxylic acids is 1. The number of nitrogens with one attached hydrogen (secondary N) is 1. The van der Waals surface area contributed by atoms with Gasteiger partial charge in [-0.05, 0) is 45.7 Å².